The van der Waals surface area contributed by atoms with Crippen molar-refractivity contribution in [1.82, 2.24) is 9.55 Å². The number of carbonyl (C=O) groups excluding carboxylic acids is 3. The molecule has 0 aliphatic rings. The second-order valence-corrected chi connectivity index (χ2v) is 5.95. The first kappa shape index (κ1) is 20.6. The fraction of sp³-hybridized carbons (Fsp3) is 0.316. The number of esters is 2. The number of nitrogens with one attached hydrogen (secondary N) is 1. The first-order valence-corrected chi connectivity index (χ1v) is 8.37. The molecule has 9 heteroatoms. The molecule has 0 aromatic carbocycles. The topological polar surface area (TPSA) is 131 Å². The number of aromatic amines is 1. The number of Topliss-reactive ketones (excluding diaryl/α,β-unsaturated/α-hetero) is 1. The summed E-state index contributed by atoms with van der Waals surface area (Å²) in [6.07, 6.45) is 1.16. The first-order valence-electron chi connectivity index (χ1n) is 8.37. The molecular formula is C19H19N3O6. The van der Waals surface area contributed by atoms with Gasteiger partial charge < -0.3 is 19.0 Å². The molecule has 2 rings (SSSR count). The van der Waals surface area contributed by atoms with Crippen LogP contribution in [0.2, 0.25) is 0 Å². The molecule has 0 amide bonds. The van der Waals surface area contributed by atoms with Crippen LogP contribution in [0.3, 0.4) is 0 Å². The molecule has 1 N–H and O–H groups in total. The van der Waals surface area contributed by atoms with Crippen LogP contribution in [0.15, 0.2) is 17.1 Å². The molecule has 9 nitrogen and oxygen atoms in total. The molecule has 0 saturated carbocycles. The molecule has 0 fully saturated rings. The van der Waals surface area contributed by atoms with E-state index < -0.39 is 29.8 Å². The fourth-order valence-electron chi connectivity index (χ4n) is 2.87. The summed E-state index contributed by atoms with van der Waals surface area (Å²) in [4.78, 5) is 51.8. The molecule has 2 heterocycles. The van der Waals surface area contributed by atoms with Crippen LogP contribution in [0.4, 0.5) is 0 Å². The van der Waals surface area contributed by atoms with E-state index in [0.717, 1.165) is 16.8 Å². The van der Waals surface area contributed by atoms with Gasteiger partial charge in [-0.25, -0.2) is 9.59 Å². The number of hydrogen-bond donors (Lipinski definition) is 1. The zero-order valence-corrected chi connectivity index (χ0v) is 15.9. The van der Waals surface area contributed by atoms with E-state index in [4.69, 9.17) is 10.00 Å². The van der Waals surface area contributed by atoms with Crippen LogP contribution >= 0.6 is 0 Å². The minimum absolute atomic E-state index is 0.0267. The van der Waals surface area contributed by atoms with E-state index in [2.05, 4.69) is 9.72 Å². The molecule has 2 aromatic heterocycles. The quantitative estimate of drug-likeness (QED) is 0.589. The summed E-state index contributed by atoms with van der Waals surface area (Å²) in [5.74, 6) is -1.79. The average Bonchev–Trinajstić information content (AvgIpc) is 2.97. The number of ketones is 1. The van der Waals surface area contributed by atoms with Gasteiger partial charge in [0, 0.05) is 17.5 Å². The third-order valence-electron chi connectivity index (χ3n) is 4.14. The van der Waals surface area contributed by atoms with Crippen LogP contribution in [-0.2, 0) is 16.0 Å². The summed E-state index contributed by atoms with van der Waals surface area (Å²) in [5.41, 5.74) is 0.237. The number of pyridine rings is 1. The predicted molar refractivity (Wildman–Crippen MR) is 97.3 cm³/mol. The Bertz CT molecular complexity index is 1050. The van der Waals surface area contributed by atoms with Crippen molar-refractivity contribution in [2.24, 2.45) is 0 Å². The zero-order chi connectivity index (χ0) is 21.0. The van der Waals surface area contributed by atoms with Gasteiger partial charge in [0.2, 0.25) is 0 Å². The van der Waals surface area contributed by atoms with Crippen LogP contribution in [0, 0.1) is 25.2 Å². The molecule has 0 radical (unpaired) electrons. The number of nitriles is 1. The number of aryl methyl sites for hydroxylation is 1. The maximum Gasteiger partial charge on any atom is 0.355 e. The van der Waals surface area contributed by atoms with Crippen molar-refractivity contribution in [2.75, 3.05) is 13.7 Å². The highest BCUT2D eigenvalue weighted by Crippen LogP contribution is 2.20. The maximum atomic E-state index is 12.8. The molecule has 0 bridgehead atoms. The summed E-state index contributed by atoms with van der Waals surface area (Å²) < 4.78 is 10.5. The summed E-state index contributed by atoms with van der Waals surface area (Å²) in [7, 11) is 1.17. The third kappa shape index (κ3) is 3.86. The third-order valence-corrected chi connectivity index (χ3v) is 4.14. The molecule has 146 valence electrons. The van der Waals surface area contributed by atoms with Crippen molar-refractivity contribution < 1.29 is 23.9 Å². The Balaban J connectivity index is 2.46. The van der Waals surface area contributed by atoms with Gasteiger partial charge in [-0.3, -0.25) is 9.59 Å². The minimum atomic E-state index is -0.740. The lowest BCUT2D eigenvalue weighted by atomic mass is 10.1. The number of aromatic nitrogens is 2. The Morgan fingerprint density at radius 3 is 2.50 bits per heavy atom. The molecule has 0 saturated heterocycles. The monoisotopic (exact) mass is 385 g/mol. The van der Waals surface area contributed by atoms with Crippen LogP contribution < -0.4 is 5.56 Å². The van der Waals surface area contributed by atoms with Crippen LogP contribution in [0.1, 0.15) is 54.9 Å². The van der Waals surface area contributed by atoms with Crippen molar-refractivity contribution in [3.63, 3.8) is 0 Å². The van der Waals surface area contributed by atoms with Crippen molar-refractivity contribution in [2.45, 2.75) is 27.3 Å². The highest BCUT2D eigenvalue weighted by molar-refractivity contribution is 6.02. The van der Waals surface area contributed by atoms with Crippen molar-refractivity contribution in [3.05, 3.63) is 56.3 Å². The standard InChI is InChI=1S/C19H19N3O6/c1-5-28-19(26)16-10(2)15(11(3)21-16)14(23)9-22-8-13(18(25)27-4)6-12(7-20)17(22)24/h6,8,21H,5,9H2,1-4H3. The molecule has 0 unspecified atom stereocenters. The molecule has 0 aliphatic carbocycles. The Hall–Kier alpha value is -3.67. The smallest absolute Gasteiger partial charge is 0.355 e. The SMILES string of the molecule is CCOC(=O)c1[nH]c(C)c(C(=O)Cn2cc(C(=O)OC)cc(C#N)c2=O)c1C. The van der Waals surface area contributed by atoms with Crippen LogP contribution in [-0.4, -0.2) is 41.0 Å². The van der Waals surface area contributed by atoms with Gasteiger partial charge in [-0.05, 0) is 32.4 Å². The normalized spacial score (nSPS) is 10.2. The van der Waals surface area contributed by atoms with Gasteiger partial charge in [0.05, 0.1) is 25.8 Å². The van der Waals surface area contributed by atoms with Gasteiger partial charge in [-0.1, -0.05) is 0 Å². The molecular weight excluding hydrogens is 366 g/mol. The number of ether oxygens (including phenoxy) is 2. The number of methoxy groups -OCH3 is 1. The second-order valence-electron chi connectivity index (χ2n) is 5.95. The summed E-state index contributed by atoms with van der Waals surface area (Å²) in [6, 6.07) is 2.82. The van der Waals surface area contributed by atoms with E-state index in [1.54, 1.807) is 26.8 Å². The van der Waals surface area contributed by atoms with Crippen molar-refractivity contribution in [3.8, 4) is 6.07 Å². The van der Waals surface area contributed by atoms with E-state index in [0.29, 0.717) is 11.3 Å². The Labute approximate surface area is 160 Å². The number of hydrogen-bond acceptors (Lipinski definition) is 7. The lowest BCUT2D eigenvalue weighted by Crippen LogP contribution is -2.27. The molecule has 0 atom stereocenters. The van der Waals surface area contributed by atoms with Crippen molar-refractivity contribution in [1.29, 1.82) is 5.26 Å². The van der Waals surface area contributed by atoms with Crippen LogP contribution in [0.5, 0.6) is 0 Å². The summed E-state index contributed by atoms with van der Waals surface area (Å²) in [6.45, 7) is 4.66. The van der Waals surface area contributed by atoms with Gasteiger partial charge in [-0.15, -0.1) is 0 Å². The van der Waals surface area contributed by atoms with Crippen molar-refractivity contribution >= 4 is 17.7 Å². The van der Waals surface area contributed by atoms with Crippen LogP contribution in [0.25, 0.3) is 0 Å². The average molecular weight is 385 g/mol. The Kier molecular flexibility index (Phi) is 6.15. The number of nitrogens with zero attached hydrogens (tertiary/aromatic N) is 2. The minimum Gasteiger partial charge on any atom is -0.465 e. The lowest BCUT2D eigenvalue weighted by molar-refractivity contribution is 0.0518. The molecule has 0 aliphatic heterocycles. The Morgan fingerprint density at radius 1 is 1.25 bits per heavy atom. The zero-order valence-electron chi connectivity index (χ0n) is 15.9. The van der Waals surface area contributed by atoms with Gasteiger partial charge in [0.15, 0.2) is 5.78 Å². The predicted octanol–water partition coefficient (Wildman–Crippen LogP) is 1.51. The van der Waals surface area contributed by atoms with Gasteiger partial charge in [0.1, 0.15) is 17.3 Å². The number of carbonyl (C=O) groups is 3. The van der Waals surface area contributed by atoms with E-state index in [-0.39, 0.29) is 29.0 Å². The molecule has 0 spiro atoms. The van der Waals surface area contributed by atoms with E-state index in [1.165, 1.54) is 7.11 Å². The Morgan fingerprint density at radius 2 is 1.93 bits per heavy atom. The number of H-pyrrole nitrogens is 1. The molecule has 2 aromatic rings. The second kappa shape index (κ2) is 8.35. The first-order chi connectivity index (χ1) is 13.2. The van der Waals surface area contributed by atoms with E-state index in [9.17, 15) is 19.2 Å². The van der Waals surface area contributed by atoms with E-state index in [1.807, 2.05) is 0 Å². The summed E-state index contributed by atoms with van der Waals surface area (Å²) >= 11 is 0. The van der Waals surface area contributed by atoms with Gasteiger partial charge in [-0.2, -0.15) is 5.26 Å². The molecule has 28 heavy (non-hydrogen) atoms. The fourth-order valence-corrected chi connectivity index (χ4v) is 2.87. The highest BCUT2D eigenvalue weighted by atomic mass is 16.5. The summed E-state index contributed by atoms with van der Waals surface area (Å²) in [5, 5.41) is 9.12. The highest BCUT2D eigenvalue weighted by Gasteiger charge is 2.23. The van der Waals surface area contributed by atoms with E-state index >= 15 is 0 Å². The van der Waals surface area contributed by atoms with Gasteiger partial charge in [0.25, 0.3) is 5.56 Å². The largest absolute Gasteiger partial charge is 0.465 e. The van der Waals surface area contributed by atoms with Gasteiger partial charge >= 0.3 is 11.9 Å². The maximum absolute atomic E-state index is 12.8. The number of rotatable bonds is 6. The lowest BCUT2D eigenvalue weighted by Gasteiger charge is -2.09.